The lowest BCUT2D eigenvalue weighted by Gasteiger charge is -2.09. The molecule has 0 atom stereocenters. The van der Waals surface area contributed by atoms with Gasteiger partial charge in [-0.15, -0.1) is 0 Å². The molecular weight excluding hydrogens is 245 g/mol. The zero-order valence-electron chi connectivity index (χ0n) is 9.37. The number of halogens is 3. The number of carbonyl (C=O) groups is 1. The topological polar surface area (TPSA) is 41.5 Å². The van der Waals surface area contributed by atoms with Gasteiger partial charge in [-0.3, -0.25) is 4.79 Å². The van der Waals surface area contributed by atoms with Gasteiger partial charge in [0.1, 0.15) is 0 Å². The van der Waals surface area contributed by atoms with Gasteiger partial charge in [0.05, 0.1) is 11.8 Å². The van der Waals surface area contributed by atoms with E-state index in [1.54, 1.807) is 0 Å². The second kappa shape index (κ2) is 4.80. The average Bonchev–Trinajstić information content (AvgIpc) is 3.12. The van der Waals surface area contributed by atoms with Crippen molar-refractivity contribution in [3.63, 3.8) is 0 Å². The predicted octanol–water partition coefficient (Wildman–Crippen LogP) is 2.57. The Balaban J connectivity index is 2.08. The lowest BCUT2D eigenvalue weighted by atomic mass is 10.1. The first-order chi connectivity index (χ1) is 8.48. The zero-order chi connectivity index (χ0) is 13.2. The molecule has 18 heavy (non-hydrogen) atoms. The molecule has 6 heteroatoms. The summed E-state index contributed by atoms with van der Waals surface area (Å²) >= 11 is 0. The minimum absolute atomic E-state index is 0.0278. The second-order valence-corrected chi connectivity index (χ2v) is 4.09. The van der Waals surface area contributed by atoms with Crippen molar-refractivity contribution < 1.29 is 18.0 Å². The Morgan fingerprint density at radius 3 is 2.61 bits per heavy atom. The maximum Gasteiger partial charge on any atom is 0.417 e. The molecule has 96 valence electrons. The summed E-state index contributed by atoms with van der Waals surface area (Å²) in [6.07, 6.45) is -1.77. The van der Waals surface area contributed by atoms with Crippen LogP contribution < -0.4 is 5.43 Å². The Labute approximate surface area is 102 Å². The summed E-state index contributed by atoms with van der Waals surface area (Å²) in [6, 6.07) is 5.07. The Bertz CT molecular complexity index is 478. The molecule has 0 aromatic heterocycles. The maximum absolute atomic E-state index is 12.6. The van der Waals surface area contributed by atoms with Crippen LogP contribution in [0.15, 0.2) is 29.4 Å². The van der Waals surface area contributed by atoms with Crippen LogP contribution in [0.1, 0.15) is 24.0 Å². The summed E-state index contributed by atoms with van der Waals surface area (Å²) in [5, 5.41) is 3.55. The number of carbonyl (C=O) groups excluding carboxylic acids is 1. The smallest absolute Gasteiger partial charge is 0.273 e. The molecule has 0 radical (unpaired) electrons. The van der Waals surface area contributed by atoms with Crippen LogP contribution in [0.2, 0.25) is 0 Å². The van der Waals surface area contributed by atoms with E-state index < -0.39 is 11.7 Å². The molecule has 0 unspecified atom stereocenters. The lowest BCUT2D eigenvalue weighted by Crippen LogP contribution is -2.19. The fourth-order valence-electron chi connectivity index (χ4n) is 1.47. The van der Waals surface area contributed by atoms with E-state index in [0.717, 1.165) is 25.1 Å². The van der Waals surface area contributed by atoms with Crippen LogP contribution in [0, 0.1) is 5.92 Å². The average molecular weight is 256 g/mol. The van der Waals surface area contributed by atoms with Gasteiger partial charge in [-0.2, -0.15) is 18.3 Å². The first-order valence-corrected chi connectivity index (χ1v) is 5.47. The van der Waals surface area contributed by atoms with Crippen LogP contribution in [-0.2, 0) is 11.0 Å². The van der Waals surface area contributed by atoms with Crippen LogP contribution in [0.4, 0.5) is 13.2 Å². The van der Waals surface area contributed by atoms with E-state index >= 15 is 0 Å². The van der Waals surface area contributed by atoms with E-state index in [1.165, 1.54) is 18.2 Å². The summed E-state index contributed by atoms with van der Waals surface area (Å²) in [7, 11) is 0. The van der Waals surface area contributed by atoms with Crippen molar-refractivity contribution in [2.75, 3.05) is 0 Å². The van der Waals surface area contributed by atoms with Crippen molar-refractivity contribution in [1.29, 1.82) is 0 Å². The molecule has 0 bridgehead atoms. The lowest BCUT2D eigenvalue weighted by molar-refractivity contribution is -0.137. The molecule has 1 N–H and O–H groups in total. The van der Waals surface area contributed by atoms with Gasteiger partial charge >= 0.3 is 6.18 Å². The van der Waals surface area contributed by atoms with Crippen LogP contribution in [0.5, 0.6) is 0 Å². The molecule has 0 heterocycles. The maximum atomic E-state index is 12.6. The molecule has 0 saturated heterocycles. The summed E-state index contributed by atoms with van der Waals surface area (Å²) in [5.41, 5.74) is 1.40. The number of hydrogen-bond donors (Lipinski definition) is 1. The van der Waals surface area contributed by atoms with E-state index in [9.17, 15) is 18.0 Å². The molecule has 1 aromatic rings. The largest absolute Gasteiger partial charge is 0.417 e. The highest BCUT2D eigenvalue weighted by molar-refractivity contribution is 5.85. The number of alkyl halides is 3. The highest BCUT2D eigenvalue weighted by atomic mass is 19.4. The molecule has 2 rings (SSSR count). The predicted molar refractivity (Wildman–Crippen MR) is 59.9 cm³/mol. The molecule has 1 fully saturated rings. The van der Waals surface area contributed by atoms with Crippen LogP contribution in [0.25, 0.3) is 0 Å². The van der Waals surface area contributed by atoms with Gasteiger partial charge < -0.3 is 0 Å². The van der Waals surface area contributed by atoms with E-state index in [2.05, 4.69) is 10.5 Å². The van der Waals surface area contributed by atoms with Crippen molar-refractivity contribution >= 4 is 12.1 Å². The Kier molecular flexibility index (Phi) is 3.36. The zero-order valence-corrected chi connectivity index (χ0v) is 9.37. The monoisotopic (exact) mass is 256 g/mol. The number of rotatable bonds is 3. The van der Waals surface area contributed by atoms with Crippen LogP contribution in [-0.4, -0.2) is 12.1 Å². The molecule has 1 saturated carbocycles. The van der Waals surface area contributed by atoms with E-state index in [1.807, 2.05) is 0 Å². The summed E-state index contributed by atoms with van der Waals surface area (Å²) in [4.78, 5) is 11.2. The first kappa shape index (κ1) is 12.6. The minimum atomic E-state index is -4.43. The first-order valence-electron chi connectivity index (χ1n) is 5.47. The van der Waals surface area contributed by atoms with Gasteiger partial charge in [-0.05, 0) is 18.9 Å². The third-order valence-corrected chi connectivity index (χ3v) is 2.59. The minimum Gasteiger partial charge on any atom is -0.273 e. The quantitative estimate of drug-likeness (QED) is 0.655. The van der Waals surface area contributed by atoms with Gasteiger partial charge in [0.15, 0.2) is 0 Å². The van der Waals surface area contributed by atoms with Crippen molar-refractivity contribution in [2.24, 2.45) is 11.0 Å². The third-order valence-electron chi connectivity index (χ3n) is 2.59. The normalized spacial score (nSPS) is 15.9. The molecule has 1 aliphatic carbocycles. The Morgan fingerprint density at radius 1 is 1.33 bits per heavy atom. The molecule has 3 nitrogen and oxygen atoms in total. The molecule has 0 spiro atoms. The Hall–Kier alpha value is -1.85. The van der Waals surface area contributed by atoms with Crippen molar-refractivity contribution in [3.8, 4) is 0 Å². The highest BCUT2D eigenvalue weighted by Crippen LogP contribution is 2.31. The van der Waals surface area contributed by atoms with E-state index in [-0.39, 0.29) is 17.4 Å². The fraction of sp³-hybridized carbons (Fsp3) is 0.333. The van der Waals surface area contributed by atoms with Crippen molar-refractivity contribution in [3.05, 3.63) is 35.4 Å². The van der Waals surface area contributed by atoms with Crippen molar-refractivity contribution in [1.82, 2.24) is 5.43 Å². The van der Waals surface area contributed by atoms with Gasteiger partial charge in [-0.25, -0.2) is 5.43 Å². The second-order valence-electron chi connectivity index (χ2n) is 4.09. The van der Waals surface area contributed by atoms with Gasteiger partial charge in [-0.1, -0.05) is 18.2 Å². The third kappa shape index (κ3) is 3.09. The molecule has 1 aliphatic rings. The number of amides is 1. The van der Waals surface area contributed by atoms with E-state index in [4.69, 9.17) is 0 Å². The SMILES string of the molecule is O=C(NN=Cc1ccccc1C(F)(F)F)C1CC1. The van der Waals surface area contributed by atoms with Gasteiger partial charge in [0, 0.05) is 11.5 Å². The Morgan fingerprint density at radius 2 is 2.00 bits per heavy atom. The van der Waals surface area contributed by atoms with Crippen LogP contribution >= 0.6 is 0 Å². The van der Waals surface area contributed by atoms with Gasteiger partial charge in [0.2, 0.25) is 5.91 Å². The van der Waals surface area contributed by atoms with Gasteiger partial charge in [0.25, 0.3) is 0 Å². The van der Waals surface area contributed by atoms with Crippen molar-refractivity contribution in [2.45, 2.75) is 19.0 Å². The molecule has 1 amide bonds. The number of hydrazone groups is 1. The number of nitrogens with one attached hydrogen (secondary N) is 1. The fourth-order valence-corrected chi connectivity index (χ4v) is 1.47. The molecular formula is C12H11F3N2O. The number of hydrogen-bond acceptors (Lipinski definition) is 2. The molecule has 0 aliphatic heterocycles. The van der Waals surface area contributed by atoms with E-state index in [0.29, 0.717) is 0 Å². The number of nitrogens with zero attached hydrogens (tertiary/aromatic N) is 1. The standard InChI is InChI=1S/C12H11F3N2O/c13-12(14,15)10-4-2-1-3-9(10)7-16-17-11(18)8-5-6-8/h1-4,7-8H,5-6H2,(H,17,18). The molecule has 1 aromatic carbocycles. The summed E-state index contributed by atoms with van der Waals surface area (Å²) in [6.45, 7) is 0. The number of benzene rings is 1. The summed E-state index contributed by atoms with van der Waals surface area (Å²) in [5.74, 6) is -0.268. The van der Waals surface area contributed by atoms with Crippen LogP contribution in [0.3, 0.4) is 0 Å². The highest BCUT2D eigenvalue weighted by Gasteiger charge is 2.32. The summed E-state index contributed by atoms with van der Waals surface area (Å²) < 4.78 is 37.9.